The molecule has 1 unspecified atom stereocenters. The molecule has 1 atom stereocenters. The van der Waals surface area contributed by atoms with Crippen LogP contribution in [-0.4, -0.2) is 45.3 Å². The lowest BCUT2D eigenvalue weighted by atomic mass is 10.1. The molecule has 0 saturated heterocycles. The van der Waals surface area contributed by atoms with Gasteiger partial charge in [-0.2, -0.15) is 11.8 Å². The van der Waals surface area contributed by atoms with Gasteiger partial charge in [0.25, 0.3) is 5.69 Å². The summed E-state index contributed by atoms with van der Waals surface area (Å²) in [7, 11) is 0. The fraction of sp³-hybridized carbons (Fsp3) is 0.417. The number of nitrogens with zero attached hydrogens (tertiary/aromatic N) is 1. The van der Waals surface area contributed by atoms with Crippen molar-refractivity contribution in [2.75, 3.05) is 23.9 Å². The molecular weight excluding hydrogens is 284 g/mol. The van der Waals surface area contributed by atoms with Gasteiger partial charge in [-0.05, 0) is 25.3 Å². The van der Waals surface area contributed by atoms with E-state index in [1.54, 1.807) is 6.92 Å². The van der Waals surface area contributed by atoms with Crippen LogP contribution in [0.5, 0.6) is 0 Å². The summed E-state index contributed by atoms with van der Waals surface area (Å²) in [5.41, 5.74) is -1.25. The molecule has 1 rings (SSSR count). The highest BCUT2D eigenvalue weighted by Gasteiger charge is 2.22. The molecule has 0 radical (unpaired) electrons. The molecule has 110 valence electrons. The lowest BCUT2D eigenvalue weighted by Crippen LogP contribution is -2.36. The van der Waals surface area contributed by atoms with Crippen LogP contribution in [0.1, 0.15) is 17.3 Å². The van der Waals surface area contributed by atoms with Gasteiger partial charge < -0.3 is 15.5 Å². The van der Waals surface area contributed by atoms with Crippen molar-refractivity contribution in [3.63, 3.8) is 0 Å². The number of aliphatic hydroxyl groups is 1. The number of aromatic carboxylic acids is 1. The molecule has 0 aliphatic heterocycles. The summed E-state index contributed by atoms with van der Waals surface area (Å²) in [6.45, 7) is 1.68. The van der Waals surface area contributed by atoms with Crippen LogP contribution in [0.25, 0.3) is 0 Å². The first kappa shape index (κ1) is 16.3. The molecule has 7 nitrogen and oxygen atoms in total. The van der Waals surface area contributed by atoms with Crippen LogP contribution >= 0.6 is 11.8 Å². The molecule has 0 spiro atoms. The van der Waals surface area contributed by atoms with Crippen LogP contribution in [0.4, 0.5) is 11.4 Å². The van der Waals surface area contributed by atoms with Gasteiger partial charge in [-0.25, -0.2) is 4.79 Å². The van der Waals surface area contributed by atoms with E-state index in [4.69, 9.17) is 5.11 Å². The van der Waals surface area contributed by atoms with E-state index in [1.165, 1.54) is 23.9 Å². The Morgan fingerprint density at radius 1 is 1.55 bits per heavy atom. The molecular formula is C12H16N2O5S. The molecule has 8 heteroatoms. The topological polar surface area (TPSA) is 113 Å². The van der Waals surface area contributed by atoms with Gasteiger partial charge in [-0.3, -0.25) is 10.1 Å². The first-order chi connectivity index (χ1) is 9.26. The van der Waals surface area contributed by atoms with Gasteiger partial charge >= 0.3 is 5.97 Å². The zero-order chi connectivity index (χ0) is 15.3. The van der Waals surface area contributed by atoms with Gasteiger partial charge in [0.05, 0.1) is 16.1 Å². The molecule has 20 heavy (non-hydrogen) atoms. The molecule has 1 aromatic rings. The lowest BCUT2D eigenvalue weighted by molar-refractivity contribution is -0.384. The molecule has 0 saturated carbocycles. The number of thioether (sulfide) groups is 1. The van der Waals surface area contributed by atoms with E-state index in [1.807, 2.05) is 6.26 Å². The first-order valence-corrected chi connectivity index (χ1v) is 7.13. The fourth-order valence-corrected chi connectivity index (χ4v) is 2.34. The SMILES string of the molecule is CSCC(C)(O)CNc1cc(C(=O)O)ccc1[N+](=O)[O-]. The van der Waals surface area contributed by atoms with Crippen LogP contribution in [0.15, 0.2) is 18.2 Å². The second-order valence-corrected chi connectivity index (χ2v) is 5.44. The monoisotopic (exact) mass is 300 g/mol. The van der Waals surface area contributed by atoms with Gasteiger partial charge in [-0.1, -0.05) is 0 Å². The maximum atomic E-state index is 10.9. The van der Waals surface area contributed by atoms with Gasteiger partial charge in [0.15, 0.2) is 0 Å². The van der Waals surface area contributed by atoms with Crippen molar-refractivity contribution < 1.29 is 19.9 Å². The largest absolute Gasteiger partial charge is 0.478 e. The Bertz CT molecular complexity index is 519. The Hall–Kier alpha value is -1.80. The van der Waals surface area contributed by atoms with E-state index in [9.17, 15) is 20.0 Å². The van der Waals surface area contributed by atoms with Gasteiger partial charge in [0.2, 0.25) is 0 Å². The average molecular weight is 300 g/mol. The normalized spacial score (nSPS) is 13.6. The number of hydrogen-bond donors (Lipinski definition) is 3. The predicted octanol–water partition coefficient (Wildman–Crippen LogP) is 1.82. The standard InChI is InChI=1S/C12H16N2O5S/c1-12(17,7-20-2)6-13-9-5-8(11(15)16)3-4-10(9)14(18)19/h3-5,13,17H,6-7H2,1-2H3,(H,15,16). The summed E-state index contributed by atoms with van der Waals surface area (Å²) in [5, 5.41) is 32.6. The third-order valence-electron chi connectivity index (χ3n) is 2.56. The fourth-order valence-electron chi connectivity index (χ4n) is 1.62. The van der Waals surface area contributed by atoms with Gasteiger partial charge in [0.1, 0.15) is 5.69 Å². The molecule has 0 amide bonds. The highest BCUT2D eigenvalue weighted by atomic mass is 32.2. The van der Waals surface area contributed by atoms with Crippen LogP contribution in [0.2, 0.25) is 0 Å². The highest BCUT2D eigenvalue weighted by Crippen LogP contribution is 2.26. The van der Waals surface area contributed by atoms with Crippen molar-refractivity contribution in [2.24, 2.45) is 0 Å². The number of benzene rings is 1. The Labute approximate surface area is 120 Å². The summed E-state index contributed by atoms with van der Waals surface area (Å²) in [6, 6.07) is 3.50. The number of rotatable bonds is 7. The van der Waals surface area contributed by atoms with E-state index >= 15 is 0 Å². The third kappa shape index (κ3) is 4.39. The summed E-state index contributed by atoms with van der Waals surface area (Å²) in [5.74, 6) is -0.717. The number of hydrogen-bond acceptors (Lipinski definition) is 6. The maximum absolute atomic E-state index is 10.9. The minimum absolute atomic E-state index is 0.0531. The second kappa shape index (κ2) is 6.58. The van der Waals surface area contributed by atoms with Crippen molar-refractivity contribution in [1.82, 2.24) is 0 Å². The number of nitro groups is 1. The Kier molecular flexibility index (Phi) is 5.34. The van der Waals surface area contributed by atoms with Crippen LogP contribution in [0.3, 0.4) is 0 Å². The first-order valence-electron chi connectivity index (χ1n) is 5.74. The number of nitrogens with one attached hydrogen (secondary N) is 1. The Balaban J connectivity index is 2.99. The quantitative estimate of drug-likeness (QED) is 0.520. The number of nitro benzene ring substituents is 1. The summed E-state index contributed by atoms with van der Waals surface area (Å²) in [6.07, 6.45) is 1.84. The molecule has 0 fully saturated rings. The minimum Gasteiger partial charge on any atom is -0.478 e. The van der Waals surface area contributed by atoms with Crippen LogP contribution in [-0.2, 0) is 0 Å². The van der Waals surface area contributed by atoms with Gasteiger partial charge in [-0.15, -0.1) is 0 Å². The van der Waals surface area contributed by atoms with E-state index in [2.05, 4.69) is 5.32 Å². The highest BCUT2D eigenvalue weighted by molar-refractivity contribution is 7.98. The third-order valence-corrected chi connectivity index (χ3v) is 3.47. The maximum Gasteiger partial charge on any atom is 0.335 e. The van der Waals surface area contributed by atoms with Crippen molar-refractivity contribution >= 4 is 29.1 Å². The van der Waals surface area contributed by atoms with Crippen molar-refractivity contribution in [3.05, 3.63) is 33.9 Å². The summed E-state index contributed by atoms with van der Waals surface area (Å²) >= 11 is 1.44. The second-order valence-electron chi connectivity index (χ2n) is 4.58. The molecule has 0 heterocycles. The molecule has 0 aliphatic carbocycles. The van der Waals surface area contributed by atoms with Gasteiger partial charge in [0, 0.05) is 18.4 Å². The minimum atomic E-state index is -1.17. The van der Waals surface area contributed by atoms with Crippen LogP contribution < -0.4 is 5.32 Å². The Morgan fingerprint density at radius 3 is 2.70 bits per heavy atom. The zero-order valence-electron chi connectivity index (χ0n) is 11.1. The van der Waals surface area contributed by atoms with E-state index in [0.717, 1.165) is 6.07 Å². The number of carboxylic acids is 1. The van der Waals surface area contributed by atoms with E-state index in [-0.39, 0.29) is 23.5 Å². The smallest absolute Gasteiger partial charge is 0.335 e. The number of carbonyl (C=O) groups is 1. The van der Waals surface area contributed by atoms with Crippen molar-refractivity contribution in [2.45, 2.75) is 12.5 Å². The summed E-state index contributed by atoms with van der Waals surface area (Å²) in [4.78, 5) is 21.2. The molecule has 3 N–H and O–H groups in total. The Morgan fingerprint density at radius 2 is 2.20 bits per heavy atom. The molecule has 0 bridgehead atoms. The average Bonchev–Trinajstić information content (AvgIpc) is 2.35. The van der Waals surface area contributed by atoms with Crippen molar-refractivity contribution in [1.29, 1.82) is 0 Å². The molecule has 0 aromatic heterocycles. The number of anilines is 1. The lowest BCUT2D eigenvalue weighted by Gasteiger charge is -2.23. The molecule has 0 aliphatic rings. The number of carboxylic acid groups (broad SMARTS) is 1. The van der Waals surface area contributed by atoms with E-state index in [0.29, 0.717) is 5.75 Å². The van der Waals surface area contributed by atoms with E-state index < -0.39 is 16.5 Å². The van der Waals surface area contributed by atoms with Crippen molar-refractivity contribution in [3.8, 4) is 0 Å². The zero-order valence-corrected chi connectivity index (χ0v) is 11.9. The molecule has 1 aromatic carbocycles. The van der Waals surface area contributed by atoms with Crippen LogP contribution in [0, 0.1) is 10.1 Å². The summed E-state index contributed by atoms with van der Waals surface area (Å²) < 4.78 is 0. The predicted molar refractivity (Wildman–Crippen MR) is 77.6 cm³/mol.